The van der Waals surface area contributed by atoms with Crippen molar-refractivity contribution in [1.82, 2.24) is 0 Å². The first-order chi connectivity index (χ1) is 7.11. The van der Waals surface area contributed by atoms with Crippen LogP contribution in [0.1, 0.15) is 11.5 Å². The van der Waals surface area contributed by atoms with E-state index in [0.29, 0.717) is 10.5 Å². The molecule has 0 saturated carbocycles. The average Bonchev–Trinajstić information content (AvgIpc) is 2.19. The van der Waals surface area contributed by atoms with Gasteiger partial charge in [-0.25, -0.2) is 0 Å². The summed E-state index contributed by atoms with van der Waals surface area (Å²) in [6.07, 6.45) is 0. The van der Waals surface area contributed by atoms with Gasteiger partial charge in [-0.05, 0) is 23.4 Å². The van der Waals surface area contributed by atoms with Crippen LogP contribution in [-0.4, -0.2) is 22.0 Å². The molecule has 0 saturated heterocycles. The van der Waals surface area contributed by atoms with Gasteiger partial charge < -0.3 is 5.11 Å². The highest BCUT2D eigenvalue weighted by molar-refractivity contribution is 8.15. The number of Topliss-reactive ketones (excluding diaryl/α,β-unsaturated/α-hetero) is 1. The number of aliphatic carboxylic acids is 1. The Labute approximate surface area is 89.3 Å². The van der Waals surface area contributed by atoms with Crippen LogP contribution in [0.15, 0.2) is 29.2 Å². The maximum absolute atomic E-state index is 11.4. The van der Waals surface area contributed by atoms with Crippen molar-refractivity contribution < 1.29 is 19.5 Å². The number of ketones is 1. The van der Waals surface area contributed by atoms with Crippen molar-refractivity contribution in [2.45, 2.75) is 10.8 Å². The van der Waals surface area contributed by atoms with E-state index < -0.39 is 22.8 Å². The van der Waals surface area contributed by atoms with Crippen LogP contribution in [0.2, 0.25) is 0 Å². The van der Waals surface area contributed by atoms with Crippen LogP contribution < -0.4 is 0 Å². The van der Waals surface area contributed by atoms with E-state index in [0.717, 1.165) is 11.8 Å². The highest BCUT2D eigenvalue weighted by atomic mass is 32.2. The van der Waals surface area contributed by atoms with E-state index in [4.69, 9.17) is 5.11 Å². The summed E-state index contributed by atoms with van der Waals surface area (Å²) in [5.74, 6) is -3.47. The Morgan fingerprint density at radius 3 is 2.60 bits per heavy atom. The van der Waals surface area contributed by atoms with Gasteiger partial charge in [0.05, 0.1) is 0 Å². The normalized spacial score (nSPS) is 19.9. The van der Waals surface area contributed by atoms with Gasteiger partial charge in [0.1, 0.15) is 5.92 Å². The lowest BCUT2D eigenvalue weighted by Crippen LogP contribution is -2.30. The third-order valence-electron chi connectivity index (χ3n) is 2.14. The number of carbonyl (C=O) groups excluding carboxylic acids is 2. The van der Waals surface area contributed by atoms with Crippen molar-refractivity contribution in [3.8, 4) is 0 Å². The molecule has 2 rings (SSSR count). The van der Waals surface area contributed by atoms with Crippen molar-refractivity contribution in [2.75, 3.05) is 0 Å². The van der Waals surface area contributed by atoms with E-state index >= 15 is 0 Å². The average molecular weight is 222 g/mol. The highest BCUT2D eigenvalue weighted by Crippen LogP contribution is 2.36. The number of carboxylic acid groups (broad SMARTS) is 1. The molecule has 1 atom stereocenters. The van der Waals surface area contributed by atoms with E-state index in [1.165, 1.54) is 0 Å². The molecule has 1 N–H and O–H groups in total. The number of benzene rings is 1. The van der Waals surface area contributed by atoms with Crippen LogP contribution in [0, 0.1) is 0 Å². The lowest BCUT2D eigenvalue weighted by atomic mass is 9.95. The first kappa shape index (κ1) is 9.92. The molecule has 1 aliphatic heterocycles. The number of thioether (sulfide) groups is 1. The molecule has 0 bridgehead atoms. The number of carbonyl (C=O) groups is 3. The Bertz CT molecular complexity index is 466. The maximum atomic E-state index is 11.4. The van der Waals surface area contributed by atoms with E-state index in [-0.39, 0.29) is 0 Å². The van der Waals surface area contributed by atoms with Crippen LogP contribution in [0.3, 0.4) is 0 Å². The SMILES string of the molecule is O=C1Sc2ccccc2C(C(=O)O)C1=O. The number of rotatable bonds is 1. The first-order valence-electron chi connectivity index (χ1n) is 4.19. The Morgan fingerprint density at radius 2 is 1.93 bits per heavy atom. The van der Waals surface area contributed by atoms with E-state index in [2.05, 4.69) is 0 Å². The molecule has 15 heavy (non-hydrogen) atoms. The molecule has 0 radical (unpaired) electrons. The van der Waals surface area contributed by atoms with E-state index in [1.54, 1.807) is 24.3 Å². The Morgan fingerprint density at radius 1 is 1.27 bits per heavy atom. The molecule has 1 unspecified atom stereocenters. The van der Waals surface area contributed by atoms with Crippen molar-refractivity contribution in [2.24, 2.45) is 0 Å². The smallest absolute Gasteiger partial charge is 0.319 e. The maximum Gasteiger partial charge on any atom is 0.319 e. The van der Waals surface area contributed by atoms with Gasteiger partial charge in [0.2, 0.25) is 5.78 Å². The van der Waals surface area contributed by atoms with Crippen molar-refractivity contribution in [1.29, 1.82) is 0 Å². The summed E-state index contributed by atoms with van der Waals surface area (Å²) in [6.45, 7) is 0. The van der Waals surface area contributed by atoms with Crippen molar-refractivity contribution >= 4 is 28.6 Å². The molecule has 0 fully saturated rings. The summed E-state index contributed by atoms with van der Waals surface area (Å²) in [4.78, 5) is 34.0. The molecule has 4 nitrogen and oxygen atoms in total. The monoisotopic (exact) mass is 222 g/mol. The van der Waals surface area contributed by atoms with E-state index in [1.807, 2.05) is 0 Å². The van der Waals surface area contributed by atoms with Crippen molar-refractivity contribution in [3.63, 3.8) is 0 Å². The molecular formula is C10H6O4S. The summed E-state index contributed by atoms with van der Waals surface area (Å²) < 4.78 is 0. The lowest BCUT2D eigenvalue weighted by molar-refractivity contribution is -0.145. The minimum atomic E-state index is -1.34. The number of hydrogen-bond acceptors (Lipinski definition) is 4. The zero-order valence-corrected chi connectivity index (χ0v) is 8.28. The highest BCUT2D eigenvalue weighted by Gasteiger charge is 2.39. The largest absolute Gasteiger partial charge is 0.480 e. The zero-order chi connectivity index (χ0) is 11.0. The first-order valence-corrected chi connectivity index (χ1v) is 5.00. The predicted molar refractivity (Wildman–Crippen MR) is 52.7 cm³/mol. The fourth-order valence-corrected chi connectivity index (χ4v) is 2.33. The van der Waals surface area contributed by atoms with Gasteiger partial charge in [-0.15, -0.1) is 0 Å². The van der Waals surface area contributed by atoms with Gasteiger partial charge in [0.15, 0.2) is 0 Å². The fourth-order valence-electron chi connectivity index (χ4n) is 1.47. The van der Waals surface area contributed by atoms with Gasteiger partial charge >= 0.3 is 5.97 Å². The number of fused-ring (bicyclic) bond motifs is 1. The Hall–Kier alpha value is -1.62. The van der Waals surface area contributed by atoms with Crippen LogP contribution in [0.5, 0.6) is 0 Å². The quantitative estimate of drug-likeness (QED) is 0.568. The second kappa shape index (κ2) is 3.51. The number of carboxylic acids is 1. The molecular weight excluding hydrogens is 216 g/mol. The molecule has 1 aromatic carbocycles. The van der Waals surface area contributed by atoms with Crippen LogP contribution >= 0.6 is 11.8 Å². The third-order valence-corrected chi connectivity index (χ3v) is 3.12. The van der Waals surface area contributed by atoms with Crippen molar-refractivity contribution in [3.05, 3.63) is 29.8 Å². The molecule has 1 aromatic rings. The minimum absolute atomic E-state index is 0.402. The third kappa shape index (κ3) is 1.55. The Kier molecular flexibility index (Phi) is 2.32. The molecule has 0 aliphatic carbocycles. The minimum Gasteiger partial charge on any atom is -0.480 e. The molecule has 1 aliphatic rings. The molecule has 0 aromatic heterocycles. The standard InChI is InChI=1S/C10H6O4S/c11-8-7(9(12)13)5-3-1-2-4-6(5)15-10(8)14/h1-4,7H,(H,12,13). The molecule has 76 valence electrons. The van der Waals surface area contributed by atoms with Gasteiger partial charge in [-0.3, -0.25) is 14.4 Å². The molecule has 5 heteroatoms. The second-order valence-electron chi connectivity index (χ2n) is 3.06. The van der Waals surface area contributed by atoms with Crippen LogP contribution in [0.4, 0.5) is 0 Å². The number of hydrogen-bond donors (Lipinski definition) is 1. The van der Waals surface area contributed by atoms with Gasteiger partial charge in [0, 0.05) is 4.90 Å². The summed E-state index contributed by atoms with van der Waals surface area (Å²) in [5, 5.41) is 8.18. The van der Waals surface area contributed by atoms with Gasteiger partial charge in [-0.1, -0.05) is 18.2 Å². The topological polar surface area (TPSA) is 71.4 Å². The van der Waals surface area contributed by atoms with Crippen LogP contribution in [-0.2, 0) is 14.4 Å². The molecule has 0 amide bonds. The summed E-state index contributed by atoms with van der Waals surface area (Å²) >= 11 is 0.789. The summed E-state index contributed by atoms with van der Waals surface area (Å²) in [5.41, 5.74) is 0.402. The summed E-state index contributed by atoms with van der Waals surface area (Å²) in [6, 6.07) is 6.55. The zero-order valence-electron chi connectivity index (χ0n) is 7.47. The van der Waals surface area contributed by atoms with Gasteiger partial charge in [0.25, 0.3) is 5.12 Å². The predicted octanol–water partition coefficient (Wildman–Crippen LogP) is 1.06. The van der Waals surface area contributed by atoms with E-state index in [9.17, 15) is 14.4 Å². The second-order valence-corrected chi connectivity index (χ2v) is 4.08. The summed E-state index contributed by atoms with van der Waals surface area (Å²) in [7, 11) is 0. The van der Waals surface area contributed by atoms with Gasteiger partial charge in [-0.2, -0.15) is 0 Å². The lowest BCUT2D eigenvalue weighted by Gasteiger charge is -2.18. The molecule has 1 heterocycles. The Balaban J connectivity index is 2.59. The van der Waals surface area contributed by atoms with Crippen LogP contribution in [0.25, 0.3) is 0 Å². The molecule has 0 spiro atoms. The fraction of sp³-hybridized carbons (Fsp3) is 0.100.